The predicted molar refractivity (Wildman–Crippen MR) is 155 cm³/mol. The molecule has 10 nitrogen and oxygen atoms in total. The molecule has 4 aromatic carbocycles. The largest absolute Gasteiger partial charge is 0.497 e. The number of para-hydroxylation sites is 1. The average Bonchev–Trinajstić information content (AvgIpc) is 2.99. The Morgan fingerprint density at radius 1 is 0.756 bits per heavy atom. The molecule has 41 heavy (non-hydrogen) atoms. The van der Waals surface area contributed by atoms with Gasteiger partial charge in [0.1, 0.15) is 11.5 Å². The van der Waals surface area contributed by atoms with E-state index in [9.17, 15) is 19.2 Å². The van der Waals surface area contributed by atoms with Gasteiger partial charge in [-0.1, -0.05) is 23.7 Å². The van der Waals surface area contributed by atoms with Crippen LogP contribution in [0.5, 0.6) is 11.5 Å². The molecule has 0 aromatic heterocycles. The van der Waals surface area contributed by atoms with E-state index in [2.05, 4.69) is 21.2 Å². The van der Waals surface area contributed by atoms with Crippen molar-refractivity contribution < 1.29 is 28.7 Å². The summed E-state index contributed by atoms with van der Waals surface area (Å²) in [5, 5.41) is 9.43. The van der Waals surface area contributed by atoms with Crippen LogP contribution in [0.1, 0.15) is 26.3 Å². The van der Waals surface area contributed by atoms with Gasteiger partial charge in [-0.05, 0) is 90.5 Å². The number of hydrogen-bond acceptors (Lipinski definition) is 7. The van der Waals surface area contributed by atoms with Gasteiger partial charge in [-0.3, -0.25) is 14.4 Å². The van der Waals surface area contributed by atoms with Crippen LogP contribution in [0.4, 0.5) is 11.4 Å². The lowest BCUT2D eigenvalue weighted by atomic mass is 10.1. The van der Waals surface area contributed by atoms with E-state index in [4.69, 9.17) is 21.1 Å². The van der Waals surface area contributed by atoms with Gasteiger partial charge in [0.15, 0.2) is 0 Å². The third-order valence-electron chi connectivity index (χ3n) is 5.52. The highest BCUT2D eigenvalue weighted by molar-refractivity contribution is 6.40. The summed E-state index contributed by atoms with van der Waals surface area (Å²) in [5.41, 5.74) is 3.87. The lowest BCUT2D eigenvalue weighted by Gasteiger charge is -2.11. The average molecular weight is 571 g/mol. The van der Waals surface area contributed by atoms with Gasteiger partial charge in [0.2, 0.25) is 0 Å². The second-order valence-corrected chi connectivity index (χ2v) is 8.78. The fourth-order valence-electron chi connectivity index (χ4n) is 3.43. The van der Waals surface area contributed by atoms with Crippen molar-refractivity contribution in [1.82, 2.24) is 5.43 Å². The van der Waals surface area contributed by atoms with Crippen molar-refractivity contribution in [3.63, 3.8) is 0 Å². The molecular weight excluding hydrogens is 548 g/mol. The number of nitrogens with zero attached hydrogens (tertiary/aromatic N) is 1. The van der Waals surface area contributed by atoms with Crippen molar-refractivity contribution in [2.75, 3.05) is 17.7 Å². The number of benzene rings is 4. The van der Waals surface area contributed by atoms with Crippen LogP contribution in [-0.2, 0) is 9.59 Å². The molecule has 0 radical (unpaired) electrons. The molecule has 0 saturated heterocycles. The predicted octanol–water partition coefficient (Wildman–Crippen LogP) is 4.91. The van der Waals surface area contributed by atoms with E-state index >= 15 is 0 Å². The maximum absolute atomic E-state index is 12.7. The van der Waals surface area contributed by atoms with Crippen LogP contribution in [-0.4, -0.2) is 37.0 Å². The molecule has 0 fully saturated rings. The zero-order valence-electron chi connectivity index (χ0n) is 21.6. The SMILES string of the molecule is COc1ccc(C(=O)Oc2ccc(C=NNC(=O)C(=O)Nc3ccccc3C(=O)Nc3ccc(Cl)cc3)cc2)cc1. The van der Waals surface area contributed by atoms with Crippen molar-refractivity contribution in [3.8, 4) is 11.5 Å². The Balaban J connectivity index is 1.29. The summed E-state index contributed by atoms with van der Waals surface area (Å²) in [6, 6.07) is 25.6. The molecular formula is C30H23ClN4O6. The zero-order chi connectivity index (χ0) is 29.2. The molecule has 0 saturated carbocycles. The molecule has 4 aromatic rings. The van der Waals surface area contributed by atoms with Gasteiger partial charge in [-0.25, -0.2) is 10.2 Å². The van der Waals surface area contributed by atoms with Crippen LogP contribution in [0, 0.1) is 0 Å². The Morgan fingerprint density at radius 3 is 2.10 bits per heavy atom. The van der Waals surface area contributed by atoms with E-state index < -0.39 is 23.7 Å². The first-order valence-electron chi connectivity index (χ1n) is 12.1. The van der Waals surface area contributed by atoms with E-state index in [0.717, 1.165) is 0 Å². The number of methoxy groups -OCH3 is 1. The Kier molecular flexibility index (Phi) is 9.42. The number of carbonyl (C=O) groups is 4. The minimum Gasteiger partial charge on any atom is -0.497 e. The highest BCUT2D eigenvalue weighted by atomic mass is 35.5. The number of carbonyl (C=O) groups excluding carboxylic acids is 4. The van der Waals surface area contributed by atoms with Crippen LogP contribution >= 0.6 is 11.6 Å². The number of nitrogens with one attached hydrogen (secondary N) is 3. The number of halogens is 1. The number of esters is 1. The third-order valence-corrected chi connectivity index (χ3v) is 5.78. The van der Waals surface area contributed by atoms with Crippen molar-refractivity contribution >= 4 is 52.9 Å². The van der Waals surface area contributed by atoms with Crippen LogP contribution in [0.25, 0.3) is 0 Å². The number of anilines is 2. The normalized spacial score (nSPS) is 10.5. The van der Waals surface area contributed by atoms with Gasteiger partial charge < -0.3 is 20.1 Å². The van der Waals surface area contributed by atoms with E-state index in [-0.39, 0.29) is 11.3 Å². The Labute approximate surface area is 239 Å². The Hall–Kier alpha value is -5.48. The van der Waals surface area contributed by atoms with Gasteiger partial charge >= 0.3 is 17.8 Å². The van der Waals surface area contributed by atoms with E-state index in [0.29, 0.717) is 33.3 Å². The number of hydrazone groups is 1. The smallest absolute Gasteiger partial charge is 0.343 e. The zero-order valence-corrected chi connectivity index (χ0v) is 22.3. The molecule has 0 heterocycles. The van der Waals surface area contributed by atoms with Crippen molar-refractivity contribution in [1.29, 1.82) is 0 Å². The van der Waals surface area contributed by atoms with Gasteiger partial charge in [-0.2, -0.15) is 5.10 Å². The Bertz CT molecular complexity index is 1590. The highest BCUT2D eigenvalue weighted by Crippen LogP contribution is 2.19. The molecule has 0 aliphatic rings. The van der Waals surface area contributed by atoms with Crippen molar-refractivity contribution in [3.05, 3.63) is 119 Å². The lowest BCUT2D eigenvalue weighted by Crippen LogP contribution is -2.33. The third kappa shape index (κ3) is 8.01. The summed E-state index contributed by atoms with van der Waals surface area (Å²) in [6.45, 7) is 0. The second kappa shape index (κ2) is 13.5. The fraction of sp³-hybridized carbons (Fsp3) is 0.0333. The molecule has 0 aliphatic carbocycles. The topological polar surface area (TPSA) is 135 Å². The maximum atomic E-state index is 12.7. The molecule has 0 spiro atoms. The van der Waals surface area contributed by atoms with E-state index in [1.54, 1.807) is 84.9 Å². The molecule has 0 unspecified atom stereocenters. The summed E-state index contributed by atoms with van der Waals surface area (Å²) in [7, 11) is 1.53. The van der Waals surface area contributed by atoms with Gasteiger partial charge in [0, 0.05) is 10.7 Å². The van der Waals surface area contributed by atoms with Crippen LogP contribution in [0.2, 0.25) is 5.02 Å². The minimum absolute atomic E-state index is 0.142. The lowest BCUT2D eigenvalue weighted by molar-refractivity contribution is -0.136. The number of ether oxygens (including phenoxy) is 2. The number of amides is 3. The second-order valence-electron chi connectivity index (χ2n) is 8.35. The van der Waals surface area contributed by atoms with Gasteiger partial charge in [-0.15, -0.1) is 0 Å². The number of hydrogen-bond donors (Lipinski definition) is 3. The number of rotatable bonds is 8. The highest BCUT2D eigenvalue weighted by Gasteiger charge is 2.18. The van der Waals surface area contributed by atoms with Gasteiger partial charge in [0.05, 0.1) is 30.1 Å². The molecule has 3 amide bonds. The summed E-state index contributed by atoms with van der Waals surface area (Å²) >= 11 is 5.87. The molecule has 0 aliphatic heterocycles. The minimum atomic E-state index is -1.04. The molecule has 0 bridgehead atoms. The van der Waals surface area contributed by atoms with E-state index in [1.165, 1.54) is 25.5 Å². The monoisotopic (exact) mass is 570 g/mol. The van der Waals surface area contributed by atoms with Crippen LogP contribution in [0.3, 0.4) is 0 Å². The summed E-state index contributed by atoms with van der Waals surface area (Å²) < 4.78 is 10.4. The van der Waals surface area contributed by atoms with Crippen molar-refractivity contribution in [2.24, 2.45) is 5.10 Å². The molecule has 11 heteroatoms. The molecule has 3 N–H and O–H groups in total. The van der Waals surface area contributed by atoms with Crippen molar-refractivity contribution in [2.45, 2.75) is 0 Å². The molecule has 4 rings (SSSR count). The maximum Gasteiger partial charge on any atom is 0.343 e. The first-order valence-corrected chi connectivity index (χ1v) is 12.5. The Morgan fingerprint density at radius 2 is 1.41 bits per heavy atom. The molecule has 206 valence electrons. The summed E-state index contributed by atoms with van der Waals surface area (Å²) in [4.78, 5) is 49.7. The molecule has 0 atom stereocenters. The first kappa shape index (κ1) is 28.5. The summed E-state index contributed by atoms with van der Waals surface area (Å²) in [6.07, 6.45) is 1.31. The quantitative estimate of drug-likeness (QED) is 0.0905. The van der Waals surface area contributed by atoms with Crippen LogP contribution < -0.4 is 25.5 Å². The van der Waals surface area contributed by atoms with E-state index in [1.807, 2.05) is 0 Å². The van der Waals surface area contributed by atoms with Gasteiger partial charge in [0.25, 0.3) is 5.91 Å². The summed E-state index contributed by atoms with van der Waals surface area (Å²) in [5.74, 6) is -2.15. The fourth-order valence-corrected chi connectivity index (χ4v) is 3.56. The first-order chi connectivity index (χ1) is 19.8. The standard InChI is InChI=1S/C30H23ClN4O6/c1-40-23-16-8-20(9-17-23)30(39)41-24-14-6-19(7-15-24)18-32-35-29(38)28(37)34-26-5-3-2-4-25(26)27(36)33-22-12-10-21(31)11-13-22/h2-18H,1H3,(H,33,36)(H,34,37)(H,35,38). The van der Waals surface area contributed by atoms with Crippen LogP contribution in [0.15, 0.2) is 102 Å².